The molecule has 0 aliphatic carbocycles. The van der Waals surface area contributed by atoms with Crippen molar-refractivity contribution < 1.29 is 0 Å². The number of aromatic nitrogens is 2. The maximum atomic E-state index is 6.11. The summed E-state index contributed by atoms with van der Waals surface area (Å²) in [5.74, 6) is 6.63. The van der Waals surface area contributed by atoms with Gasteiger partial charge in [0.2, 0.25) is 5.95 Å². The summed E-state index contributed by atoms with van der Waals surface area (Å²) in [6.07, 6.45) is 1.53. The van der Waals surface area contributed by atoms with Crippen LogP contribution in [0, 0.1) is 5.92 Å². The molecule has 0 saturated carbocycles. The topological polar surface area (TPSA) is 75.9 Å². The molecule has 7 heteroatoms. The molecule has 0 bridgehead atoms. The molecule has 1 atom stereocenters. The maximum Gasteiger partial charge on any atom is 0.239 e. The summed E-state index contributed by atoms with van der Waals surface area (Å²) in [5, 5.41) is 5.89. The van der Waals surface area contributed by atoms with Gasteiger partial charge in [0.1, 0.15) is 5.02 Å². The summed E-state index contributed by atoms with van der Waals surface area (Å²) in [7, 11) is 0. The van der Waals surface area contributed by atoms with E-state index in [9.17, 15) is 0 Å². The number of nitrogens with zero attached hydrogens (tertiary/aromatic N) is 2. The summed E-state index contributed by atoms with van der Waals surface area (Å²) >= 11 is 7.82. The van der Waals surface area contributed by atoms with Crippen molar-refractivity contribution in [2.75, 3.05) is 10.7 Å². The highest BCUT2D eigenvalue weighted by atomic mass is 35.5. The van der Waals surface area contributed by atoms with Gasteiger partial charge >= 0.3 is 0 Å². The molecule has 2 heterocycles. The molecule has 4 N–H and O–H groups in total. The van der Waals surface area contributed by atoms with Gasteiger partial charge in [0, 0.05) is 4.88 Å². The predicted molar refractivity (Wildman–Crippen MR) is 80.4 cm³/mol. The lowest BCUT2D eigenvalue weighted by atomic mass is 10.0. The van der Waals surface area contributed by atoms with Crippen LogP contribution in [-0.2, 0) is 0 Å². The zero-order valence-electron chi connectivity index (χ0n) is 10.7. The number of hydrogen-bond donors (Lipinski definition) is 3. The SMILES string of the molecule is CC(C)C(Nc1nc(NN)ncc1Cl)c1cccs1. The van der Waals surface area contributed by atoms with Crippen LogP contribution in [0.1, 0.15) is 24.8 Å². The minimum atomic E-state index is 0.151. The Hall–Kier alpha value is -1.37. The molecule has 0 radical (unpaired) electrons. The van der Waals surface area contributed by atoms with E-state index in [2.05, 4.69) is 46.0 Å². The van der Waals surface area contributed by atoms with E-state index in [4.69, 9.17) is 17.4 Å². The lowest BCUT2D eigenvalue weighted by Gasteiger charge is -2.22. The Kier molecular flexibility index (Phi) is 4.57. The molecule has 0 aromatic carbocycles. The van der Waals surface area contributed by atoms with E-state index in [-0.39, 0.29) is 6.04 Å². The Balaban J connectivity index is 2.27. The quantitative estimate of drug-likeness (QED) is 0.583. The average molecular weight is 298 g/mol. The second kappa shape index (κ2) is 6.18. The zero-order valence-corrected chi connectivity index (χ0v) is 12.3. The molecular formula is C12H16ClN5S. The van der Waals surface area contributed by atoms with E-state index >= 15 is 0 Å². The van der Waals surface area contributed by atoms with E-state index in [0.29, 0.717) is 22.7 Å². The summed E-state index contributed by atoms with van der Waals surface area (Å²) in [5.41, 5.74) is 2.41. The Bertz CT molecular complexity index is 529. The number of anilines is 2. The van der Waals surface area contributed by atoms with Crippen molar-refractivity contribution in [1.82, 2.24) is 9.97 Å². The van der Waals surface area contributed by atoms with Crippen LogP contribution in [0.5, 0.6) is 0 Å². The fourth-order valence-electron chi connectivity index (χ4n) is 1.72. The molecule has 0 amide bonds. The third-order valence-corrected chi connectivity index (χ3v) is 3.91. The van der Waals surface area contributed by atoms with Crippen LogP contribution in [-0.4, -0.2) is 9.97 Å². The molecule has 0 saturated heterocycles. The van der Waals surface area contributed by atoms with Crippen LogP contribution in [0.2, 0.25) is 5.02 Å². The molecule has 0 aliphatic heterocycles. The largest absolute Gasteiger partial charge is 0.361 e. The van der Waals surface area contributed by atoms with Gasteiger partial charge in [-0.3, -0.25) is 5.43 Å². The van der Waals surface area contributed by atoms with E-state index in [0.717, 1.165) is 0 Å². The Labute approximate surface area is 121 Å². The molecule has 19 heavy (non-hydrogen) atoms. The number of halogens is 1. The number of rotatable bonds is 5. The smallest absolute Gasteiger partial charge is 0.239 e. The number of nitrogens with two attached hydrogens (primary N) is 1. The first-order chi connectivity index (χ1) is 9.11. The fraction of sp³-hybridized carbons (Fsp3) is 0.333. The monoisotopic (exact) mass is 297 g/mol. The number of nitrogens with one attached hydrogen (secondary N) is 2. The minimum absolute atomic E-state index is 0.151. The van der Waals surface area contributed by atoms with Crippen molar-refractivity contribution in [1.29, 1.82) is 0 Å². The second-order valence-corrected chi connectivity index (χ2v) is 5.80. The Morgan fingerprint density at radius 1 is 1.42 bits per heavy atom. The first-order valence-corrected chi connectivity index (χ1v) is 7.16. The predicted octanol–water partition coefficient (Wildman–Crippen LogP) is 3.29. The Morgan fingerprint density at radius 3 is 2.79 bits per heavy atom. The third kappa shape index (κ3) is 3.34. The first kappa shape index (κ1) is 14.0. The molecule has 5 nitrogen and oxygen atoms in total. The van der Waals surface area contributed by atoms with Crippen LogP contribution >= 0.6 is 22.9 Å². The molecule has 102 valence electrons. The van der Waals surface area contributed by atoms with Crippen molar-refractivity contribution in [3.63, 3.8) is 0 Å². The molecule has 0 fully saturated rings. The average Bonchev–Trinajstić information content (AvgIpc) is 2.91. The van der Waals surface area contributed by atoms with Crippen LogP contribution in [0.4, 0.5) is 11.8 Å². The third-order valence-electron chi connectivity index (χ3n) is 2.68. The van der Waals surface area contributed by atoms with Gasteiger partial charge < -0.3 is 5.32 Å². The molecule has 2 aromatic rings. The number of hydrazine groups is 1. The van der Waals surface area contributed by atoms with Crippen molar-refractivity contribution in [2.45, 2.75) is 19.9 Å². The second-order valence-electron chi connectivity index (χ2n) is 4.42. The normalized spacial score (nSPS) is 12.5. The van der Waals surface area contributed by atoms with Crippen molar-refractivity contribution in [3.05, 3.63) is 33.6 Å². The number of nitrogen functional groups attached to an aromatic ring is 1. The summed E-state index contributed by atoms with van der Waals surface area (Å²) in [4.78, 5) is 9.44. The van der Waals surface area contributed by atoms with Crippen molar-refractivity contribution in [3.8, 4) is 0 Å². The minimum Gasteiger partial charge on any atom is -0.361 e. The lowest BCUT2D eigenvalue weighted by molar-refractivity contribution is 0.552. The maximum absolute atomic E-state index is 6.11. The lowest BCUT2D eigenvalue weighted by Crippen LogP contribution is -2.18. The molecule has 1 unspecified atom stereocenters. The van der Waals surface area contributed by atoms with Gasteiger partial charge in [-0.2, -0.15) is 4.98 Å². The highest BCUT2D eigenvalue weighted by molar-refractivity contribution is 7.10. The number of hydrogen-bond acceptors (Lipinski definition) is 6. The van der Waals surface area contributed by atoms with Gasteiger partial charge in [0.15, 0.2) is 5.82 Å². The highest BCUT2D eigenvalue weighted by Crippen LogP contribution is 2.31. The number of thiophene rings is 1. The van der Waals surface area contributed by atoms with Crippen molar-refractivity contribution in [2.24, 2.45) is 11.8 Å². The summed E-state index contributed by atoms with van der Waals surface area (Å²) in [6.45, 7) is 4.29. The van der Waals surface area contributed by atoms with Gasteiger partial charge in [-0.1, -0.05) is 31.5 Å². The van der Waals surface area contributed by atoms with Crippen molar-refractivity contribution >= 4 is 34.7 Å². The molecule has 2 rings (SSSR count). The van der Waals surface area contributed by atoms with Crippen LogP contribution < -0.4 is 16.6 Å². The van der Waals surface area contributed by atoms with Gasteiger partial charge in [0.05, 0.1) is 12.2 Å². The molecular weight excluding hydrogens is 282 g/mol. The van der Waals surface area contributed by atoms with Gasteiger partial charge in [-0.15, -0.1) is 11.3 Å². The molecule has 0 spiro atoms. The van der Waals surface area contributed by atoms with E-state index in [1.807, 2.05) is 6.07 Å². The first-order valence-electron chi connectivity index (χ1n) is 5.91. The zero-order chi connectivity index (χ0) is 13.8. The fourth-order valence-corrected chi connectivity index (χ4v) is 2.81. The van der Waals surface area contributed by atoms with E-state index in [1.165, 1.54) is 11.1 Å². The summed E-state index contributed by atoms with van der Waals surface area (Å²) in [6, 6.07) is 4.28. The highest BCUT2D eigenvalue weighted by Gasteiger charge is 2.18. The molecule has 2 aromatic heterocycles. The van der Waals surface area contributed by atoms with E-state index < -0.39 is 0 Å². The molecule has 0 aliphatic rings. The van der Waals surface area contributed by atoms with Crippen LogP contribution in [0.25, 0.3) is 0 Å². The van der Waals surface area contributed by atoms with E-state index in [1.54, 1.807) is 11.3 Å². The van der Waals surface area contributed by atoms with Gasteiger partial charge in [0.25, 0.3) is 0 Å². The van der Waals surface area contributed by atoms with Gasteiger partial charge in [-0.25, -0.2) is 10.8 Å². The van der Waals surface area contributed by atoms with Crippen LogP contribution in [0.15, 0.2) is 23.7 Å². The Morgan fingerprint density at radius 2 is 2.21 bits per heavy atom. The standard InChI is InChI=1S/C12H16ClN5S/c1-7(2)10(9-4-3-5-19-9)16-11-8(13)6-15-12(17-11)18-14/h3-7,10H,14H2,1-2H3,(H2,15,16,17,18). The van der Waals surface area contributed by atoms with Crippen LogP contribution in [0.3, 0.4) is 0 Å². The summed E-state index contributed by atoms with van der Waals surface area (Å²) < 4.78 is 0. The van der Waals surface area contributed by atoms with Gasteiger partial charge in [-0.05, 0) is 17.4 Å².